The Labute approximate surface area is 138 Å². The maximum absolute atomic E-state index is 8.73. The summed E-state index contributed by atoms with van der Waals surface area (Å²) in [6.45, 7) is 3.19. The number of aliphatic hydroxyl groups is 1. The van der Waals surface area contributed by atoms with Gasteiger partial charge in [0, 0.05) is 49.6 Å². The minimum absolute atomic E-state index is 0.111. The summed E-state index contributed by atoms with van der Waals surface area (Å²) >= 11 is 0. The Morgan fingerprint density at radius 3 is 2.65 bits per heavy atom. The number of rotatable bonds is 6. The Hall–Kier alpha value is -2.22. The standard InChI is InChI=1S/C19H23N3O/c1-16(13-19-14-20-10-11-21-19)22(2)15-18-8-6-17(7-9-18)5-3-4-12-23/h6-11,14,16,23H,4,12-13,15H2,1-2H3/t16-/m1/s1. The van der Waals surface area contributed by atoms with Crippen LogP contribution >= 0.6 is 0 Å². The summed E-state index contributed by atoms with van der Waals surface area (Å²) in [5.74, 6) is 5.98. The second-order valence-electron chi connectivity index (χ2n) is 5.64. The molecule has 0 saturated heterocycles. The van der Waals surface area contributed by atoms with Crippen LogP contribution in [0.5, 0.6) is 0 Å². The van der Waals surface area contributed by atoms with Crippen molar-refractivity contribution in [1.82, 2.24) is 14.9 Å². The summed E-state index contributed by atoms with van der Waals surface area (Å²) in [6.07, 6.45) is 6.66. The first-order valence-electron chi connectivity index (χ1n) is 7.83. The van der Waals surface area contributed by atoms with Gasteiger partial charge >= 0.3 is 0 Å². The van der Waals surface area contributed by atoms with E-state index in [4.69, 9.17) is 5.11 Å². The lowest BCUT2D eigenvalue weighted by atomic mass is 10.1. The van der Waals surface area contributed by atoms with Gasteiger partial charge in [-0.3, -0.25) is 14.9 Å². The van der Waals surface area contributed by atoms with E-state index in [2.05, 4.69) is 52.8 Å². The molecular formula is C19H23N3O. The molecule has 0 amide bonds. The number of hydrogen-bond acceptors (Lipinski definition) is 4. The van der Waals surface area contributed by atoms with Gasteiger partial charge in [0.2, 0.25) is 0 Å². The molecule has 0 spiro atoms. The maximum Gasteiger partial charge on any atom is 0.0602 e. The largest absolute Gasteiger partial charge is 0.395 e. The predicted molar refractivity (Wildman–Crippen MR) is 91.7 cm³/mol. The third-order valence-electron chi connectivity index (χ3n) is 3.73. The number of likely N-dealkylation sites (N-methyl/N-ethyl adjacent to an activating group) is 1. The van der Waals surface area contributed by atoms with Crippen LogP contribution in [-0.4, -0.2) is 39.7 Å². The quantitative estimate of drug-likeness (QED) is 0.832. The van der Waals surface area contributed by atoms with Gasteiger partial charge in [0.25, 0.3) is 0 Å². The van der Waals surface area contributed by atoms with E-state index in [0.29, 0.717) is 12.5 Å². The van der Waals surface area contributed by atoms with Crippen LogP contribution in [0.4, 0.5) is 0 Å². The highest BCUT2D eigenvalue weighted by Gasteiger charge is 2.11. The van der Waals surface area contributed by atoms with Crippen LogP contribution in [0.2, 0.25) is 0 Å². The van der Waals surface area contributed by atoms with Gasteiger partial charge in [0.1, 0.15) is 0 Å². The smallest absolute Gasteiger partial charge is 0.0602 e. The molecule has 1 heterocycles. The molecule has 4 nitrogen and oxygen atoms in total. The zero-order valence-electron chi connectivity index (χ0n) is 13.7. The molecule has 0 aliphatic carbocycles. The molecule has 0 unspecified atom stereocenters. The summed E-state index contributed by atoms with van der Waals surface area (Å²) in [4.78, 5) is 10.8. The molecule has 2 rings (SSSR count). The van der Waals surface area contributed by atoms with Gasteiger partial charge in [-0.25, -0.2) is 0 Å². The molecule has 1 aromatic carbocycles. The van der Waals surface area contributed by atoms with Crippen LogP contribution in [0.1, 0.15) is 30.2 Å². The third kappa shape index (κ3) is 5.82. The van der Waals surface area contributed by atoms with Crippen LogP contribution in [0.3, 0.4) is 0 Å². The van der Waals surface area contributed by atoms with Crippen molar-refractivity contribution in [2.45, 2.75) is 32.4 Å². The first-order valence-corrected chi connectivity index (χ1v) is 7.83. The van der Waals surface area contributed by atoms with E-state index in [-0.39, 0.29) is 6.61 Å². The molecule has 2 aromatic rings. The van der Waals surface area contributed by atoms with Crippen molar-refractivity contribution < 1.29 is 5.11 Å². The van der Waals surface area contributed by atoms with Gasteiger partial charge in [0.05, 0.1) is 12.3 Å². The fourth-order valence-electron chi connectivity index (χ4n) is 2.25. The van der Waals surface area contributed by atoms with Gasteiger partial charge in [-0.1, -0.05) is 24.0 Å². The second kappa shape index (κ2) is 9.04. The van der Waals surface area contributed by atoms with Gasteiger partial charge in [-0.2, -0.15) is 0 Å². The first kappa shape index (κ1) is 17.1. The number of hydrogen-bond donors (Lipinski definition) is 1. The van der Waals surface area contributed by atoms with E-state index in [1.54, 1.807) is 12.4 Å². The van der Waals surface area contributed by atoms with Crippen LogP contribution in [0.15, 0.2) is 42.9 Å². The van der Waals surface area contributed by atoms with Crippen LogP contribution < -0.4 is 0 Å². The van der Waals surface area contributed by atoms with Gasteiger partial charge in [-0.05, 0) is 31.7 Å². The molecule has 1 aromatic heterocycles. The molecule has 23 heavy (non-hydrogen) atoms. The van der Waals surface area contributed by atoms with Crippen molar-refractivity contribution in [3.8, 4) is 11.8 Å². The van der Waals surface area contributed by atoms with Gasteiger partial charge < -0.3 is 5.11 Å². The van der Waals surface area contributed by atoms with Crippen LogP contribution in [0.25, 0.3) is 0 Å². The highest BCUT2D eigenvalue weighted by atomic mass is 16.2. The van der Waals surface area contributed by atoms with Crippen molar-refractivity contribution in [3.63, 3.8) is 0 Å². The fourth-order valence-corrected chi connectivity index (χ4v) is 2.25. The molecule has 0 bridgehead atoms. The van der Waals surface area contributed by atoms with Crippen molar-refractivity contribution in [2.75, 3.05) is 13.7 Å². The molecule has 120 valence electrons. The van der Waals surface area contributed by atoms with Crippen molar-refractivity contribution in [2.24, 2.45) is 0 Å². The third-order valence-corrected chi connectivity index (χ3v) is 3.73. The molecule has 1 N–H and O–H groups in total. The minimum Gasteiger partial charge on any atom is -0.395 e. The minimum atomic E-state index is 0.111. The number of nitrogens with zero attached hydrogens (tertiary/aromatic N) is 3. The fraction of sp³-hybridized carbons (Fsp3) is 0.368. The monoisotopic (exact) mass is 309 g/mol. The summed E-state index contributed by atoms with van der Waals surface area (Å²) < 4.78 is 0. The Kier molecular flexibility index (Phi) is 6.74. The highest BCUT2D eigenvalue weighted by molar-refractivity contribution is 5.36. The lowest BCUT2D eigenvalue weighted by Gasteiger charge is -2.24. The van der Waals surface area contributed by atoms with Gasteiger partial charge in [0.15, 0.2) is 0 Å². The summed E-state index contributed by atoms with van der Waals surface area (Å²) in [5.41, 5.74) is 3.25. The van der Waals surface area contributed by atoms with E-state index in [1.165, 1.54) is 5.56 Å². The van der Waals surface area contributed by atoms with E-state index >= 15 is 0 Å². The lowest BCUT2D eigenvalue weighted by Crippen LogP contribution is -2.30. The van der Waals surface area contributed by atoms with E-state index in [0.717, 1.165) is 24.2 Å². The number of benzene rings is 1. The van der Waals surface area contributed by atoms with Gasteiger partial charge in [-0.15, -0.1) is 0 Å². The molecular weight excluding hydrogens is 286 g/mol. The topological polar surface area (TPSA) is 49.2 Å². The van der Waals surface area contributed by atoms with Crippen LogP contribution in [-0.2, 0) is 13.0 Å². The first-order chi connectivity index (χ1) is 11.2. The highest BCUT2D eigenvalue weighted by Crippen LogP contribution is 2.10. The maximum atomic E-state index is 8.73. The Morgan fingerprint density at radius 1 is 1.22 bits per heavy atom. The SMILES string of the molecule is C[C@H](Cc1cnccn1)N(C)Cc1ccc(C#CCCO)cc1. The van der Waals surface area contributed by atoms with Crippen molar-refractivity contribution >= 4 is 0 Å². The summed E-state index contributed by atoms with van der Waals surface area (Å²) in [5, 5.41) is 8.73. The van der Waals surface area contributed by atoms with Crippen LogP contribution in [0, 0.1) is 11.8 Å². The average molecular weight is 309 g/mol. The lowest BCUT2D eigenvalue weighted by molar-refractivity contribution is 0.246. The molecule has 0 aliphatic rings. The van der Waals surface area contributed by atoms with E-state index in [1.807, 2.05) is 18.3 Å². The summed E-state index contributed by atoms with van der Waals surface area (Å²) in [7, 11) is 2.12. The number of aromatic nitrogens is 2. The molecule has 0 saturated carbocycles. The predicted octanol–water partition coefficient (Wildman–Crippen LogP) is 2.27. The van der Waals surface area contributed by atoms with E-state index in [9.17, 15) is 0 Å². The van der Waals surface area contributed by atoms with Crippen molar-refractivity contribution in [3.05, 3.63) is 59.7 Å². The Balaban J connectivity index is 1.89. The summed E-state index contributed by atoms with van der Waals surface area (Å²) in [6, 6.07) is 8.65. The normalized spacial score (nSPS) is 11.8. The Bertz CT molecular complexity index is 644. The zero-order chi connectivity index (χ0) is 16.5. The second-order valence-corrected chi connectivity index (χ2v) is 5.64. The van der Waals surface area contributed by atoms with Crippen molar-refractivity contribution in [1.29, 1.82) is 0 Å². The molecule has 0 radical (unpaired) electrons. The number of aliphatic hydroxyl groups excluding tert-OH is 1. The molecule has 0 fully saturated rings. The average Bonchev–Trinajstić information content (AvgIpc) is 2.57. The molecule has 0 aliphatic heterocycles. The molecule has 4 heteroatoms. The zero-order valence-corrected chi connectivity index (χ0v) is 13.7. The molecule has 1 atom stereocenters. The van der Waals surface area contributed by atoms with E-state index < -0.39 is 0 Å². The Morgan fingerprint density at radius 2 is 2.00 bits per heavy atom.